The Hall–Kier alpha value is -0.610. The molecule has 1 heterocycles. The van der Waals surface area contributed by atoms with Gasteiger partial charge in [0.15, 0.2) is 5.13 Å². The second-order valence-corrected chi connectivity index (χ2v) is 6.71. The minimum atomic E-state index is 0.698. The molecule has 0 bridgehead atoms. The highest BCUT2D eigenvalue weighted by Crippen LogP contribution is 2.30. The summed E-state index contributed by atoms with van der Waals surface area (Å²) in [7, 11) is 0. The summed E-state index contributed by atoms with van der Waals surface area (Å²) in [6, 6.07) is 0.729. The van der Waals surface area contributed by atoms with E-state index in [4.69, 9.17) is 4.98 Å². The maximum Gasteiger partial charge on any atom is 0.185 e. The van der Waals surface area contributed by atoms with Gasteiger partial charge in [-0.1, -0.05) is 26.7 Å². The van der Waals surface area contributed by atoms with Crippen LogP contribution in [0.1, 0.15) is 52.1 Å². The van der Waals surface area contributed by atoms with E-state index in [1.807, 2.05) is 0 Å². The Balaban J connectivity index is 1.90. The summed E-state index contributed by atoms with van der Waals surface area (Å²) in [6.45, 7) is 9.76. The van der Waals surface area contributed by atoms with Crippen molar-refractivity contribution in [2.75, 3.05) is 18.0 Å². The molecule has 1 aliphatic rings. The number of rotatable bonds is 7. The number of hydrogen-bond acceptors (Lipinski definition) is 4. The molecular weight excluding hydrogens is 254 g/mol. The molecule has 1 aromatic rings. The minimum Gasteiger partial charge on any atom is -0.345 e. The summed E-state index contributed by atoms with van der Waals surface area (Å²) < 4.78 is 0. The van der Waals surface area contributed by atoms with Crippen molar-refractivity contribution in [2.45, 2.75) is 59.0 Å². The topological polar surface area (TPSA) is 28.2 Å². The van der Waals surface area contributed by atoms with Gasteiger partial charge >= 0.3 is 0 Å². The molecule has 0 radical (unpaired) electrons. The van der Waals surface area contributed by atoms with Crippen LogP contribution in [0, 0.1) is 5.92 Å². The lowest BCUT2D eigenvalue weighted by molar-refractivity contribution is 0.548. The Kier molecular flexibility index (Phi) is 5.64. The largest absolute Gasteiger partial charge is 0.345 e. The quantitative estimate of drug-likeness (QED) is 0.827. The van der Waals surface area contributed by atoms with Crippen LogP contribution < -0.4 is 10.2 Å². The van der Waals surface area contributed by atoms with Crippen molar-refractivity contribution in [1.29, 1.82) is 0 Å². The number of aromatic nitrogens is 1. The van der Waals surface area contributed by atoms with E-state index >= 15 is 0 Å². The van der Waals surface area contributed by atoms with Gasteiger partial charge in [0.1, 0.15) is 0 Å². The molecule has 0 aliphatic heterocycles. The Bertz CT molecular complexity index is 369. The summed E-state index contributed by atoms with van der Waals surface area (Å²) in [4.78, 5) is 7.31. The third-order valence-corrected chi connectivity index (χ3v) is 4.68. The van der Waals surface area contributed by atoms with E-state index < -0.39 is 0 Å². The average molecular weight is 281 g/mol. The maximum atomic E-state index is 4.80. The Morgan fingerprint density at radius 2 is 2.16 bits per heavy atom. The smallest absolute Gasteiger partial charge is 0.185 e. The van der Waals surface area contributed by atoms with E-state index in [0.29, 0.717) is 5.92 Å². The normalized spacial score (nSPS) is 16.4. The van der Waals surface area contributed by atoms with Crippen LogP contribution in [0.3, 0.4) is 0 Å². The van der Waals surface area contributed by atoms with E-state index in [1.165, 1.54) is 36.5 Å². The fourth-order valence-electron chi connectivity index (χ4n) is 2.76. The van der Waals surface area contributed by atoms with Crippen LogP contribution in [0.15, 0.2) is 5.38 Å². The number of hydrogen-bond donors (Lipinski definition) is 1. The van der Waals surface area contributed by atoms with E-state index in [2.05, 4.69) is 36.4 Å². The highest BCUT2D eigenvalue weighted by molar-refractivity contribution is 7.13. The van der Waals surface area contributed by atoms with Gasteiger partial charge in [0, 0.05) is 24.5 Å². The van der Waals surface area contributed by atoms with Gasteiger partial charge < -0.3 is 10.2 Å². The van der Waals surface area contributed by atoms with Gasteiger partial charge in [-0.05, 0) is 32.2 Å². The molecule has 1 fully saturated rings. The molecule has 1 aromatic heterocycles. The minimum absolute atomic E-state index is 0.698. The zero-order chi connectivity index (χ0) is 13.7. The highest BCUT2D eigenvalue weighted by Gasteiger charge is 2.23. The molecule has 4 heteroatoms. The summed E-state index contributed by atoms with van der Waals surface area (Å²) in [5.74, 6) is 0.698. The standard InChI is InChI=1S/C15H27N3S/c1-4-18(14-7-5-6-8-14)15-17-13(11-19-15)10-16-9-12(2)3/h11-12,14,16H,4-10H2,1-3H3. The first-order chi connectivity index (χ1) is 9.20. The van der Waals surface area contributed by atoms with Crippen molar-refractivity contribution < 1.29 is 0 Å². The predicted molar refractivity (Wildman–Crippen MR) is 83.9 cm³/mol. The third kappa shape index (κ3) is 4.18. The lowest BCUT2D eigenvalue weighted by Crippen LogP contribution is -2.32. The molecule has 0 atom stereocenters. The summed E-state index contributed by atoms with van der Waals surface area (Å²) >= 11 is 1.80. The molecule has 3 nitrogen and oxygen atoms in total. The molecule has 0 unspecified atom stereocenters. The van der Waals surface area contributed by atoms with Crippen LogP contribution in [0.25, 0.3) is 0 Å². The first-order valence-electron chi connectivity index (χ1n) is 7.62. The lowest BCUT2D eigenvalue weighted by Gasteiger charge is -2.26. The van der Waals surface area contributed by atoms with Gasteiger partial charge in [-0.3, -0.25) is 0 Å². The molecule has 1 saturated carbocycles. The van der Waals surface area contributed by atoms with Gasteiger partial charge in [0.05, 0.1) is 5.69 Å². The predicted octanol–water partition coefficient (Wildman–Crippen LogP) is 3.66. The second kappa shape index (κ2) is 7.25. The molecule has 108 valence electrons. The van der Waals surface area contributed by atoms with Crippen LogP contribution in [-0.4, -0.2) is 24.1 Å². The van der Waals surface area contributed by atoms with Gasteiger partial charge in [0.25, 0.3) is 0 Å². The second-order valence-electron chi connectivity index (χ2n) is 5.87. The lowest BCUT2D eigenvalue weighted by atomic mass is 10.2. The van der Waals surface area contributed by atoms with Crippen molar-refractivity contribution in [2.24, 2.45) is 5.92 Å². The van der Waals surface area contributed by atoms with Gasteiger partial charge in [0.2, 0.25) is 0 Å². The van der Waals surface area contributed by atoms with Crippen LogP contribution in [0.2, 0.25) is 0 Å². The fraction of sp³-hybridized carbons (Fsp3) is 0.800. The van der Waals surface area contributed by atoms with E-state index in [9.17, 15) is 0 Å². The molecule has 19 heavy (non-hydrogen) atoms. The molecule has 0 spiro atoms. The summed E-state index contributed by atoms with van der Waals surface area (Å²) in [5.41, 5.74) is 1.19. The van der Waals surface area contributed by atoms with E-state index in [-0.39, 0.29) is 0 Å². The van der Waals surface area contributed by atoms with Crippen molar-refractivity contribution in [1.82, 2.24) is 10.3 Å². The molecule has 1 N–H and O–H groups in total. The molecule has 0 amide bonds. The van der Waals surface area contributed by atoms with E-state index in [0.717, 1.165) is 25.7 Å². The van der Waals surface area contributed by atoms with Gasteiger partial charge in [-0.25, -0.2) is 4.98 Å². The monoisotopic (exact) mass is 281 g/mol. The molecule has 2 rings (SSSR count). The first-order valence-corrected chi connectivity index (χ1v) is 8.50. The molecule has 0 saturated heterocycles. The van der Waals surface area contributed by atoms with E-state index in [1.54, 1.807) is 11.3 Å². The Labute approximate surface area is 121 Å². The van der Waals surface area contributed by atoms with Crippen LogP contribution in [0.4, 0.5) is 5.13 Å². The molecule has 1 aliphatic carbocycles. The highest BCUT2D eigenvalue weighted by atomic mass is 32.1. The maximum absolute atomic E-state index is 4.80. The Morgan fingerprint density at radius 3 is 2.79 bits per heavy atom. The zero-order valence-electron chi connectivity index (χ0n) is 12.5. The van der Waals surface area contributed by atoms with Crippen molar-refractivity contribution in [3.05, 3.63) is 11.1 Å². The zero-order valence-corrected chi connectivity index (χ0v) is 13.3. The third-order valence-electron chi connectivity index (χ3n) is 3.75. The SMILES string of the molecule is CCN(c1nc(CNCC(C)C)cs1)C1CCCC1. The van der Waals surface area contributed by atoms with Crippen LogP contribution in [0.5, 0.6) is 0 Å². The number of thiazole rings is 1. The van der Waals surface area contributed by atoms with Crippen molar-refractivity contribution in [3.8, 4) is 0 Å². The average Bonchev–Trinajstić information content (AvgIpc) is 3.02. The van der Waals surface area contributed by atoms with Crippen molar-refractivity contribution >= 4 is 16.5 Å². The molecule has 0 aromatic carbocycles. The number of nitrogens with zero attached hydrogens (tertiary/aromatic N) is 2. The van der Waals surface area contributed by atoms with Crippen molar-refractivity contribution in [3.63, 3.8) is 0 Å². The summed E-state index contributed by atoms with van der Waals surface area (Å²) in [6.07, 6.45) is 5.45. The summed E-state index contributed by atoms with van der Waals surface area (Å²) in [5, 5.41) is 6.89. The first kappa shape index (κ1) is 14.8. The number of nitrogens with one attached hydrogen (secondary N) is 1. The van der Waals surface area contributed by atoms with Crippen LogP contribution in [-0.2, 0) is 6.54 Å². The fourth-order valence-corrected chi connectivity index (χ4v) is 3.72. The Morgan fingerprint density at radius 1 is 1.42 bits per heavy atom. The van der Waals surface area contributed by atoms with Gasteiger partial charge in [-0.2, -0.15) is 0 Å². The van der Waals surface area contributed by atoms with Gasteiger partial charge in [-0.15, -0.1) is 11.3 Å². The molecular formula is C15H27N3S. The van der Waals surface area contributed by atoms with Crippen LogP contribution >= 0.6 is 11.3 Å². The number of anilines is 1.